The number of amides is 1. The summed E-state index contributed by atoms with van der Waals surface area (Å²) in [6.45, 7) is 2.32. The van der Waals surface area contributed by atoms with Crippen LogP contribution < -0.4 is 14.4 Å². The molecule has 1 aliphatic rings. The molecule has 7 heteroatoms. The Kier molecular flexibility index (Phi) is 6.70. The first-order valence-electron chi connectivity index (χ1n) is 11.0. The Morgan fingerprint density at radius 1 is 1.06 bits per heavy atom. The number of nitrogens with one attached hydrogen (secondary N) is 1. The molecule has 1 aliphatic heterocycles. The van der Waals surface area contributed by atoms with Crippen molar-refractivity contribution in [3.05, 3.63) is 89.5 Å². The van der Waals surface area contributed by atoms with Crippen molar-refractivity contribution in [3.8, 4) is 5.75 Å². The fourth-order valence-corrected chi connectivity index (χ4v) is 5.64. The van der Waals surface area contributed by atoms with E-state index in [4.69, 9.17) is 4.74 Å². The molecule has 6 nitrogen and oxygen atoms in total. The monoisotopic (exact) mass is 464 g/mol. The van der Waals surface area contributed by atoms with E-state index in [1.165, 1.54) is 29.1 Å². The predicted molar refractivity (Wildman–Crippen MR) is 129 cm³/mol. The molecule has 3 aromatic carbocycles. The Bertz CT molecular complexity index is 1240. The number of hydrogen-bond donors (Lipinski definition) is 1. The summed E-state index contributed by atoms with van der Waals surface area (Å²) in [6, 6.07) is 21.9. The number of fused-ring (bicyclic) bond motifs is 1. The molecule has 0 fully saturated rings. The Morgan fingerprint density at radius 2 is 1.79 bits per heavy atom. The van der Waals surface area contributed by atoms with Gasteiger partial charge in [-0.25, -0.2) is 8.42 Å². The van der Waals surface area contributed by atoms with Gasteiger partial charge in [-0.05, 0) is 61.6 Å². The molecule has 1 heterocycles. The van der Waals surface area contributed by atoms with Gasteiger partial charge in [0.05, 0.1) is 23.3 Å². The van der Waals surface area contributed by atoms with Gasteiger partial charge in [0, 0.05) is 12.6 Å². The number of carbonyl (C=O) groups excluding carboxylic acids is 1. The molecule has 0 spiro atoms. The Labute approximate surface area is 195 Å². The van der Waals surface area contributed by atoms with Crippen molar-refractivity contribution in [1.29, 1.82) is 0 Å². The Balaban J connectivity index is 1.53. The number of nitrogens with zero attached hydrogens (tertiary/aromatic N) is 1. The fourth-order valence-electron chi connectivity index (χ4n) is 4.11. The summed E-state index contributed by atoms with van der Waals surface area (Å²) in [6.07, 6.45) is 2.26. The SMILES string of the molecule is COc1ccc(S(=O)(=O)N2CCc3ccccc32)cc1C(=O)NC(C)CCc1ccccc1. The summed E-state index contributed by atoms with van der Waals surface area (Å²) in [4.78, 5) is 13.1. The van der Waals surface area contributed by atoms with Gasteiger partial charge in [-0.2, -0.15) is 0 Å². The molecule has 0 aliphatic carbocycles. The van der Waals surface area contributed by atoms with E-state index in [9.17, 15) is 13.2 Å². The molecule has 0 radical (unpaired) electrons. The first-order chi connectivity index (χ1) is 15.9. The molecule has 33 heavy (non-hydrogen) atoms. The average Bonchev–Trinajstić information content (AvgIpc) is 3.28. The van der Waals surface area contributed by atoms with Gasteiger partial charge < -0.3 is 10.1 Å². The lowest BCUT2D eigenvalue weighted by Gasteiger charge is -2.21. The first-order valence-corrected chi connectivity index (χ1v) is 12.5. The van der Waals surface area contributed by atoms with Crippen LogP contribution in [-0.4, -0.2) is 34.0 Å². The quantitative estimate of drug-likeness (QED) is 0.542. The predicted octanol–water partition coefficient (Wildman–Crippen LogP) is 4.20. The highest BCUT2D eigenvalue weighted by molar-refractivity contribution is 7.92. The number of carbonyl (C=O) groups is 1. The van der Waals surface area contributed by atoms with E-state index < -0.39 is 10.0 Å². The third-order valence-corrected chi connectivity index (χ3v) is 7.74. The molecule has 0 aromatic heterocycles. The lowest BCUT2D eigenvalue weighted by molar-refractivity contribution is 0.0935. The molecule has 4 rings (SSSR count). The van der Waals surface area contributed by atoms with Crippen LogP contribution in [0.4, 0.5) is 5.69 Å². The van der Waals surface area contributed by atoms with E-state index in [0.717, 1.165) is 18.4 Å². The van der Waals surface area contributed by atoms with Gasteiger partial charge in [-0.1, -0.05) is 48.5 Å². The average molecular weight is 465 g/mol. The number of aryl methyl sites for hydroxylation is 1. The van der Waals surface area contributed by atoms with E-state index in [0.29, 0.717) is 24.4 Å². The van der Waals surface area contributed by atoms with Crippen molar-refractivity contribution in [1.82, 2.24) is 5.32 Å². The summed E-state index contributed by atoms with van der Waals surface area (Å²) in [5, 5.41) is 2.98. The van der Waals surface area contributed by atoms with Crippen molar-refractivity contribution >= 4 is 21.6 Å². The van der Waals surface area contributed by atoms with Crippen molar-refractivity contribution < 1.29 is 17.9 Å². The number of sulfonamides is 1. The molecule has 3 aromatic rings. The molecular formula is C26H28N2O4S. The van der Waals surface area contributed by atoms with Gasteiger partial charge >= 0.3 is 0 Å². The number of para-hydroxylation sites is 1. The Hall–Kier alpha value is -3.32. The van der Waals surface area contributed by atoms with Crippen LogP contribution in [0.25, 0.3) is 0 Å². The van der Waals surface area contributed by atoms with Gasteiger partial charge in [0.1, 0.15) is 5.75 Å². The maximum Gasteiger partial charge on any atom is 0.264 e. The maximum absolute atomic E-state index is 13.4. The highest BCUT2D eigenvalue weighted by Crippen LogP contribution is 2.34. The zero-order valence-corrected chi connectivity index (χ0v) is 19.6. The molecule has 1 N–H and O–H groups in total. The van der Waals surface area contributed by atoms with Crippen molar-refractivity contribution in [3.63, 3.8) is 0 Å². The standard InChI is InChI=1S/C26H28N2O4S/c1-19(12-13-20-8-4-3-5-9-20)27-26(29)23-18-22(14-15-25(23)32-2)33(30,31)28-17-16-21-10-6-7-11-24(21)28/h3-11,14-15,18-19H,12-13,16-17H2,1-2H3,(H,27,29). The highest BCUT2D eigenvalue weighted by Gasteiger charge is 2.31. The van der Waals surface area contributed by atoms with Crippen LogP contribution in [0, 0.1) is 0 Å². The summed E-state index contributed by atoms with van der Waals surface area (Å²) >= 11 is 0. The largest absolute Gasteiger partial charge is 0.496 e. The molecule has 0 saturated carbocycles. The minimum Gasteiger partial charge on any atom is -0.496 e. The topological polar surface area (TPSA) is 75.7 Å². The number of rotatable bonds is 8. The van der Waals surface area contributed by atoms with E-state index >= 15 is 0 Å². The second-order valence-electron chi connectivity index (χ2n) is 8.22. The van der Waals surface area contributed by atoms with E-state index in [-0.39, 0.29) is 22.4 Å². The molecule has 0 bridgehead atoms. The lowest BCUT2D eigenvalue weighted by Crippen LogP contribution is -2.33. The van der Waals surface area contributed by atoms with Crippen molar-refractivity contribution in [2.24, 2.45) is 0 Å². The van der Waals surface area contributed by atoms with Crippen LogP contribution in [0.5, 0.6) is 5.75 Å². The normalized spacial score (nSPS) is 13.9. The molecule has 172 valence electrons. The molecular weight excluding hydrogens is 436 g/mol. The van der Waals surface area contributed by atoms with Crippen LogP contribution in [-0.2, 0) is 22.9 Å². The first kappa shape index (κ1) is 22.9. The lowest BCUT2D eigenvalue weighted by atomic mass is 10.1. The van der Waals surface area contributed by atoms with E-state index in [1.54, 1.807) is 6.07 Å². The smallest absolute Gasteiger partial charge is 0.264 e. The minimum absolute atomic E-state index is 0.0714. The fraction of sp³-hybridized carbons (Fsp3) is 0.269. The summed E-state index contributed by atoms with van der Waals surface area (Å²) < 4.78 is 33.6. The van der Waals surface area contributed by atoms with Gasteiger partial charge in [0.25, 0.3) is 15.9 Å². The number of anilines is 1. The van der Waals surface area contributed by atoms with Gasteiger partial charge in [-0.15, -0.1) is 0 Å². The third kappa shape index (κ3) is 4.88. The second kappa shape index (κ2) is 9.67. The van der Waals surface area contributed by atoms with Crippen LogP contribution in [0.2, 0.25) is 0 Å². The zero-order chi connectivity index (χ0) is 23.4. The van der Waals surface area contributed by atoms with E-state index in [2.05, 4.69) is 17.4 Å². The zero-order valence-electron chi connectivity index (χ0n) is 18.8. The number of hydrogen-bond acceptors (Lipinski definition) is 4. The van der Waals surface area contributed by atoms with Crippen LogP contribution in [0.3, 0.4) is 0 Å². The van der Waals surface area contributed by atoms with Crippen LogP contribution in [0.1, 0.15) is 34.8 Å². The number of methoxy groups -OCH3 is 1. The molecule has 1 unspecified atom stereocenters. The van der Waals surface area contributed by atoms with Gasteiger partial charge in [0.2, 0.25) is 0 Å². The number of ether oxygens (including phenoxy) is 1. The van der Waals surface area contributed by atoms with E-state index in [1.807, 2.05) is 49.4 Å². The maximum atomic E-state index is 13.4. The third-order valence-electron chi connectivity index (χ3n) is 5.93. The van der Waals surface area contributed by atoms with Crippen molar-refractivity contribution in [2.45, 2.75) is 37.1 Å². The van der Waals surface area contributed by atoms with Crippen molar-refractivity contribution in [2.75, 3.05) is 18.0 Å². The van der Waals surface area contributed by atoms with Crippen LogP contribution in [0.15, 0.2) is 77.7 Å². The number of benzene rings is 3. The summed E-state index contributed by atoms with van der Waals surface area (Å²) in [7, 11) is -2.34. The highest BCUT2D eigenvalue weighted by atomic mass is 32.2. The summed E-state index contributed by atoms with van der Waals surface area (Å²) in [5.74, 6) is -0.0187. The van der Waals surface area contributed by atoms with Crippen LogP contribution >= 0.6 is 0 Å². The van der Waals surface area contributed by atoms with Gasteiger partial charge in [0.15, 0.2) is 0 Å². The molecule has 1 amide bonds. The second-order valence-corrected chi connectivity index (χ2v) is 10.1. The molecule has 0 saturated heterocycles. The molecule has 1 atom stereocenters. The summed E-state index contributed by atoms with van der Waals surface area (Å²) in [5.41, 5.74) is 3.10. The minimum atomic E-state index is -3.81. The Morgan fingerprint density at radius 3 is 2.55 bits per heavy atom. The van der Waals surface area contributed by atoms with Gasteiger partial charge in [-0.3, -0.25) is 9.10 Å².